The number of carbonyl (C=O) groups excluding carboxylic acids is 1. The van der Waals surface area contributed by atoms with Gasteiger partial charge in [0.15, 0.2) is 0 Å². The number of rotatable bonds is 5. The summed E-state index contributed by atoms with van der Waals surface area (Å²) in [6, 6.07) is 0. The summed E-state index contributed by atoms with van der Waals surface area (Å²) in [6.07, 6.45) is 5.44. The second-order valence-corrected chi connectivity index (χ2v) is 4.82. The first-order valence-corrected chi connectivity index (χ1v) is 6.15. The molecule has 1 rings (SSSR count). The van der Waals surface area contributed by atoms with Gasteiger partial charge < -0.3 is 33.2 Å². The minimum atomic E-state index is -0.0406. The molecule has 0 radical (unpaired) electrons. The van der Waals surface area contributed by atoms with Crippen LogP contribution < -0.4 is 24.0 Å². The summed E-state index contributed by atoms with van der Waals surface area (Å²) < 4.78 is 6.28. The van der Waals surface area contributed by atoms with E-state index < -0.39 is 0 Å². The van der Waals surface area contributed by atoms with Crippen LogP contribution in [-0.4, -0.2) is 43.7 Å². The average Bonchev–Trinajstić information content (AvgIpc) is 2.19. The Kier molecular flexibility index (Phi) is 8.36. The monoisotopic (exact) mass is 341 g/mol. The normalized spacial score (nSPS) is 18.6. The van der Waals surface area contributed by atoms with E-state index in [4.69, 9.17) is 4.74 Å². The first-order chi connectivity index (χ1) is 7.16. The second-order valence-electron chi connectivity index (χ2n) is 4.82. The summed E-state index contributed by atoms with van der Waals surface area (Å²) >= 11 is 0. The molecule has 0 bridgehead atoms. The molecule has 0 amide bonds. The van der Waals surface area contributed by atoms with Gasteiger partial charge in [-0.1, -0.05) is 6.92 Å². The number of esters is 1. The molecule has 1 saturated heterocycles. The standard InChI is InChI=1S/C12H24NO2.HI/c1-3-7-12(14)15-11-10-13(2)8-5-4-6-9-13;/h3-11H2,1-2H3;1H/q+1;/p-1. The highest BCUT2D eigenvalue weighted by Crippen LogP contribution is 2.15. The first-order valence-electron chi connectivity index (χ1n) is 6.15. The number of likely N-dealkylation sites (tertiary alicyclic amines) is 1. The zero-order chi connectivity index (χ0) is 11.1. The SMILES string of the molecule is CCCC(=O)OCC[N+]1(C)CCCCC1.[I-]. The smallest absolute Gasteiger partial charge is 0.305 e. The highest BCUT2D eigenvalue weighted by Gasteiger charge is 2.24. The minimum Gasteiger partial charge on any atom is -1.00 e. The lowest BCUT2D eigenvalue weighted by Gasteiger charge is -2.37. The Morgan fingerprint density at radius 3 is 2.44 bits per heavy atom. The Bertz CT molecular complexity index is 203. The number of piperidine rings is 1. The van der Waals surface area contributed by atoms with Gasteiger partial charge in [0.2, 0.25) is 0 Å². The van der Waals surface area contributed by atoms with Crippen LogP contribution in [0.15, 0.2) is 0 Å². The molecule has 16 heavy (non-hydrogen) atoms. The summed E-state index contributed by atoms with van der Waals surface area (Å²) in [7, 11) is 2.27. The van der Waals surface area contributed by atoms with Crippen molar-refractivity contribution in [3.05, 3.63) is 0 Å². The molecule has 96 valence electrons. The minimum absolute atomic E-state index is 0. The lowest BCUT2D eigenvalue weighted by atomic mass is 10.1. The van der Waals surface area contributed by atoms with Gasteiger partial charge in [0, 0.05) is 6.42 Å². The summed E-state index contributed by atoms with van der Waals surface area (Å²) in [5, 5.41) is 0. The van der Waals surface area contributed by atoms with Gasteiger partial charge in [-0.3, -0.25) is 4.79 Å². The van der Waals surface area contributed by atoms with Crippen molar-refractivity contribution in [3.63, 3.8) is 0 Å². The van der Waals surface area contributed by atoms with Crippen LogP contribution in [0.1, 0.15) is 39.0 Å². The first kappa shape index (κ1) is 16.2. The van der Waals surface area contributed by atoms with Crippen LogP contribution in [0.4, 0.5) is 0 Å². The van der Waals surface area contributed by atoms with Crippen molar-refractivity contribution < 1.29 is 38.0 Å². The van der Waals surface area contributed by atoms with Crippen LogP contribution in [-0.2, 0) is 9.53 Å². The maximum absolute atomic E-state index is 11.2. The maximum Gasteiger partial charge on any atom is 0.305 e. The number of nitrogens with zero attached hydrogens (tertiary/aromatic N) is 1. The van der Waals surface area contributed by atoms with Crippen LogP contribution in [0.2, 0.25) is 0 Å². The van der Waals surface area contributed by atoms with E-state index in [1.54, 1.807) is 0 Å². The number of likely N-dealkylation sites (N-methyl/N-ethyl adjacent to an activating group) is 1. The average molecular weight is 341 g/mol. The van der Waals surface area contributed by atoms with Crippen LogP contribution in [0, 0.1) is 0 Å². The number of carbonyl (C=O) groups is 1. The van der Waals surface area contributed by atoms with Crippen LogP contribution in [0.3, 0.4) is 0 Å². The van der Waals surface area contributed by atoms with Crippen molar-refractivity contribution in [2.24, 2.45) is 0 Å². The molecule has 0 N–H and O–H groups in total. The molecule has 1 aliphatic rings. The van der Waals surface area contributed by atoms with E-state index in [1.165, 1.54) is 32.4 Å². The Hall–Kier alpha value is 0.160. The molecule has 0 aromatic rings. The summed E-state index contributed by atoms with van der Waals surface area (Å²) in [5.41, 5.74) is 0. The van der Waals surface area contributed by atoms with Crippen LogP contribution in [0.25, 0.3) is 0 Å². The number of hydrogen-bond acceptors (Lipinski definition) is 2. The number of halogens is 1. The summed E-state index contributed by atoms with van der Waals surface area (Å²) in [6.45, 7) is 6.06. The third-order valence-electron chi connectivity index (χ3n) is 3.24. The van der Waals surface area contributed by atoms with E-state index in [0.717, 1.165) is 17.4 Å². The molecule has 1 aliphatic heterocycles. The Labute approximate surface area is 116 Å². The molecular weight excluding hydrogens is 317 g/mol. The van der Waals surface area contributed by atoms with Crippen molar-refractivity contribution in [1.82, 2.24) is 0 Å². The number of hydrogen-bond donors (Lipinski definition) is 0. The van der Waals surface area contributed by atoms with Gasteiger partial charge in [-0.15, -0.1) is 0 Å². The van der Waals surface area contributed by atoms with Gasteiger partial charge in [0.25, 0.3) is 0 Å². The van der Waals surface area contributed by atoms with E-state index in [-0.39, 0.29) is 29.9 Å². The predicted octanol–water partition coefficient (Wildman–Crippen LogP) is -1.04. The van der Waals surface area contributed by atoms with Gasteiger partial charge in [-0.05, 0) is 25.7 Å². The van der Waals surface area contributed by atoms with Crippen molar-refractivity contribution in [1.29, 1.82) is 0 Å². The van der Waals surface area contributed by atoms with Crippen LogP contribution in [0.5, 0.6) is 0 Å². The predicted molar refractivity (Wildman–Crippen MR) is 60.5 cm³/mol. The largest absolute Gasteiger partial charge is 1.00 e. The molecule has 0 unspecified atom stereocenters. The fourth-order valence-corrected chi connectivity index (χ4v) is 2.16. The Balaban J connectivity index is 0.00000225. The van der Waals surface area contributed by atoms with Crippen molar-refractivity contribution >= 4 is 5.97 Å². The lowest BCUT2D eigenvalue weighted by Crippen LogP contribution is -3.00. The molecule has 0 aromatic carbocycles. The zero-order valence-corrected chi connectivity index (χ0v) is 12.7. The Morgan fingerprint density at radius 2 is 1.88 bits per heavy atom. The summed E-state index contributed by atoms with van der Waals surface area (Å²) in [5.74, 6) is -0.0406. The molecule has 1 fully saturated rings. The van der Waals surface area contributed by atoms with Crippen molar-refractivity contribution in [3.8, 4) is 0 Å². The highest BCUT2D eigenvalue weighted by atomic mass is 127. The van der Waals surface area contributed by atoms with Gasteiger partial charge in [0.05, 0.1) is 20.1 Å². The molecule has 0 aliphatic carbocycles. The lowest BCUT2D eigenvalue weighted by molar-refractivity contribution is -0.914. The fraction of sp³-hybridized carbons (Fsp3) is 0.917. The van der Waals surface area contributed by atoms with E-state index in [0.29, 0.717) is 13.0 Å². The Morgan fingerprint density at radius 1 is 1.25 bits per heavy atom. The molecule has 0 spiro atoms. The van der Waals surface area contributed by atoms with E-state index in [9.17, 15) is 4.79 Å². The van der Waals surface area contributed by atoms with Gasteiger partial charge >= 0.3 is 5.97 Å². The maximum atomic E-state index is 11.2. The summed E-state index contributed by atoms with van der Waals surface area (Å²) in [4.78, 5) is 11.2. The van der Waals surface area contributed by atoms with Gasteiger partial charge in [0.1, 0.15) is 13.2 Å². The zero-order valence-electron chi connectivity index (χ0n) is 10.5. The second kappa shape index (κ2) is 8.28. The molecule has 1 heterocycles. The molecule has 4 heteroatoms. The molecule has 0 aromatic heterocycles. The van der Waals surface area contributed by atoms with Gasteiger partial charge in [-0.25, -0.2) is 0 Å². The van der Waals surface area contributed by atoms with Crippen molar-refractivity contribution in [2.75, 3.05) is 33.3 Å². The third-order valence-corrected chi connectivity index (χ3v) is 3.24. The van der Waals surface area contributed by atoms with Gasteiger partial charge in [-0.2, -0.15) is 0 Å². The van der Waals surface area contributed by atoms with Crippen molar-refractivity contribution in [2.45, 2.75) is 39.0 Å². The fourth-order valence-electron chi connectivity index (χ4n) is 2.16. The van der Waals surface area contributed by atoms with E-state index in [2.05, 4.69) is 7.05 Å². The third kappa shape index (κ3) is 6.03. The molecular formula is C12H24INO2. The van der Waals surface area contributed by atoms with E-state index in [1.807, 2.05) is 6.92 Å². The van der Waals surface area contributed by atoms with E-state index >= 15 is 0 Å². The molecule has 0 saturated carbocycles. The van der Waals surface area contributed by atoms with Crippen LogP contribution >= 0.6 is 0 Å². The molecule has 0 atom stereocenters. The quantitative estimate of drug-likeness (QED) is 0.363. The number of ether oxygens (including phenoxy) is 1. The topological polar surface area (TPSA) is 26.3 Å². The highest BCUT2D eigenvalue weighted by molar-refractivity contribution is 5.69. The number of quaternary nitrogens is 1. The molecule has 3 nitrogen and oxygen atoms in total.